The summed E-state index contributed by atoms with van der Waals surface area (Å²) in [6.45, 7) is 6.52. The van der Waals surface area contributed by atoms with E-state index in [-0.39, 0.29) is 11.5 Å². The summed E-state index contributed by atoms with van der Waals surface area (Å²) in [6.07, 6.45) is 4.35. The maximum Gasteiger partial charge on any atom is 0.262 e. The van der Waals surface area contributed by atoms with Crippen molar-refractivity contribution in [3.8, 4) is 0 Å². The number of nitrogens with one attached hydrogen (secondary N) is 1. The number of aryl methyl sites for hydroxylation is 2. The second-order valence-corrected chi connectivity index (χ2v) is 9.18. The van der Waals surface area contributed by atoms with Crippen LogP contribution in [0.5, 0.6) is 0 Å². The number of unbranched alkanes of at least 4 members (excludes halogenated alkanes) is 2. The van der Waals surface area contributed by atoms with E-state index in [0.717, 1.165) is 31.2 Å². The average molecular weight is 469 g/mol. The molecule has 174 valence electrons. The molecule has 1 N–H and O–H groups in total. The normalized spacial score (nSPS) is 12.5. The van der Waals surface area contributed by atoms with E-state index in [4.69, 9.17) is 4.52 Å². The van der Waals surface area contributed by atoms with Gasteiger partial charge in [0, 0.05) is 12.6 Å². The van der Waals surface area contributed by atoms with Crippen LogP contribution in [0.1, 0.15) is 51.7 Å². The van der Waals surface area contributed by atoms with E-state index in [2.05, 4.69) is 34.5 Å². The van der Waals surface area contributed by atoms with E-state index in [9.17, 15) is 9.59 Å². The standard InChI is InChI=1S/C23H28N6O3S/c1-4-6-12-18(20(30)24-19-14-15(3)32-27-19)33-23-26-25-22-28(13-7-5-2)21(31)16-10-8-9-11-17(16)29(22)23/h8-11,14,18H,4-7,12-13H2,1-3H3,(H,24,27,30). The van der Waals surface area contributed by atoms with Gasteiger partial charge in [-0.25, -0.2) is 0 Å². The number of carbonyl (C=O) groups excluding carboxylic acids is 1. The minimum absolute atomic E-state index is 0.0721. The van der Waals surface area contributed by atoms with Crippen molar-refractivity contribution in [1.82, 2.24) is 24.3 Å². The molecule has 33 heavy (non-hydrogen) atoms. The average Bonchev–Trinajstić information content (AvgIpc) is 3.42. The van der Waals surface area contributed by atoms with Gasteiger partial charge in [0.1, 0.15) is 5.76 Å². The molecule has 10 heteroatoms. The van der Waals surface area contributed by atoms with Crippen LogP contribution in [0, 0.1) is 6.92 Å². The lowest BCUT2D eigenvalue weighted by Crippen LogP contribution is -2.26. The number of nitrogens with zero attached hydrogens (tertiary/aromatic N) is 5. The Kier molecular flexibility index (Phi) is 7.12. The predicted octanol–water partition coefficient (Wildman–Crippen LogP) is 4.43. The van der Waals surface area contributed by atoms with Gasteiger partial charge >= 0.3 is 0 Å². The summed E-state index contributed by atoms with van der Waals surface area (Å²) in [7, 11) is 0. The Labute approximate surface area is 195 Å². The van der Waals surface area contributed by atoms with Crippen LogP contribution in [-0.4, -0.2) is 35.5 Å². The number of fused-ring (bicyclic) bond motifs is 3. The quantitative estimate of drug-likeness (QED) is 0.343. The van der Waals surface area contributed by atoms with Crippen molar-refractivity contribution < 1.29 is 9.32 Å². The number of benzene rings is 1. The van der Waals surface area contributed by atoms with Crippen LogP contribution >= 0.6 is 11.8 Å². The molecule has 0 aliphatic rings. The zero-order valence-electron chi connectivity index (χ0n) is 19.1. The number of para-hydroxylation sites is 1. The summed E-state index contributed by atoms with van der Waals surface area (Å²) >= 11 is 1.36. The van der Waals surface area contributed by atoms with Crippen molar-refractivity contribution in [2.75, 3.05) is 5.32 Å². The molecule has 3 heterocycles. The molecule has 4 aromatic rings. The summed E-state index contributed by atoms with van der Waals surface area (Å²) in [6, 6.07) is 9.14. The molecule has 9 nitrogen and oxygen atoms in total. The highest BCUT2D eigenvalue weighted by atomic mass is 32.2. The van der Waals surface area contributed by atoms with E-state index in [1.54, 1.807) is 17.6 Å². The summed E-state index contributed by atoms with van der Waals surface area (Å²) < 4.78 is 8.64. The number of thioether (sulfide) groups is 1. The number of carbonyl (C=O) groups is 1. The molecule has 0 aliphatic carbocycles. The van der Waals surface area contributed by atoms with Gasteiger partial charge in [0.15, 0.2) is 11.0 Å². The van der Waals surface area contributed by atoms with E-state index in [1.165, 1.54) is 11.8 Å². The number of hydrogen-bond donors (Lipinski definition) is 1. The van der Waals surface area contributed by atoms with Crippen LogP contribution in [-0.2, 0) is 11.3 Å². The van der Waals surface area contributed by atoms with E-state index in [1.807, 2.05) is 28.7 Å². The highest BCUT2D eigenvalue weighted by molar-refractivity contribution is 8.00. The van der Waals surface area contributed by atoms with Crippen LogP contribution in [0.3, 0.4) is 0 Å². The summed E-state index contributed by atoms with van der Waals surface area (Å²) in [5.41, 5.74) is 0.664. The molecule has 0 fully saturated rings. The van der Waals surface area contributed by atoms with Gasteiger partial charge in [-0.3, -0.25) is 18.6 Å². The monoisotopic (exact) mass is 468 g/mol. The van der Waals surface area contributed by atoms with Crippen molar-refractivity contribution in [3.63, 3.8) is 0 Å². The lowest BCUT2D eigenvalue weighted by atomic mass is 10.2. The third kappa shape index (κ3) is 4.80. The summed E-state index contributed by atoms with van der Waals surface area (Å²) in [5, 5.41) is 16.3. The second kappa shape index (κ2) is 10.2. The highest BCUT2D eigenvalue weighted by Crippen LogP contribution is 2.29. The summed E-state index contributed by atoms with van der Waals surface area (Å²) in [4.78, 5) is 26.2. The van der Waals surface area contributed by atoms with Crippen LogP contribution in [0.15, 0.2) is 44.8 Å². The first-order valence-corrected chi connectivity index (χ1v) is 12.2. The minimum atomic E-state index is -0.399. The Morgan fingerprint density at radius 3 is 2.70 bits per heavy atom. The Morgan fingerprint density at radius 2 is 1.97 bits per heavy atom. The molecule has 0 saturated carbocycles. The van der Waals surface area contributed by atoms with E-state index in [0.29, 0.717) is 40.9 Å². The Bertz CT molecular complexity index is 1320. The molecule has 1 unspecified atom stereocenters. The zero-order chi connectivity index (χ0) is 23.4. The van der Waals surface area contributed by atoms with Gasteiger partial charge < -0.3 is 9.84 Å². The van der Waals surface area contributed by atoms with Crippen LogP contribution < -0.4 is 10.9 Å². The van der Waals surface area contributed by atoms with Crippen molar-refractivity contribution in [2.45, 2.75) is 69.8 Å². The van der Waals surface area contributed by atoms with E-state index < -0.39 is 5.25 Å². The molecule has 0 radical (unpaired) electrons. The third-order valence-electron chi connectivity index (χ3n) is 5.45. The lowest BCUT2D eigenvalue weighted by molar-refractivity contribution is -0.115. The molecule has 0 spiro atoms. The molecule has 3 aromatic heterocycles. The number of rotatable bonds is 10. The van der Waals surface area contributed by atoms with E-state index >= 15 is 0 Å². The third-order valence-corrected chi connectivity index (χ3v) is 6.66. The fraction of sp³-hybridized carbons (Fsp3) is 0.435. The smallest absolute Gasteiger partial charge is 0.262 e. The molecular weight excluding hydrogens is 440 g/mol. The fourth-order valence-corrected chi connectivity index (χ4v) is 4.80. The zero-order valence-corrected chi connectivity index (χ0v) is 19.9. The topological polar surface area (TPSA) is 107 Å². The Morgan fingerprint density at radius 1 is 1.18 bits per heavy atom. The number of hydrogen-bond acceptors (Lipinski definition) is 7. The number of amides is 1. The highest BCUT2D eigenvalue weighted by Gasteiger charge is 2.25. The van der Waals surface area contributed by atoms with Gasteiger partial charge in [0.05, 0.1) is 16.2 Å². The molecule has 0 saturated heterocycles. The first-order valence-electron chi connectivity index (χ1n) is 11.3. The largest absolute Gasteiger partial charge is 0.360 e. The van der Waals surface area contributed by atoms with Gasteiger partial charge in [-0.15, -0.1) is 10.2 Å². The van der Waals surface area contributed by atoms with Gasteiger partial charge in [0.25, 0.3) is 5.56 Å². The van der Waals surface area contributed by atoms with Crippen LogP contribution in [0.4, 0.5) is 5.82 Å². The molecule has 1 aromatic carbocycles. The van der Waals surface area contributed by atoms with Gasteiger partial charge in [0.2, 0.25) is 11.7 Å². The molecule has 4 rings (SSSR count). The maximum atomic E-state index is 13.1. The molecular formula is C23H28N6O3S. The van der Waals surface area contributed by atoms with Crippen molar-refractivity contribution in [3.05, 3.63) is 46.4 Å². The lowest BCUT2D eigenvalue weighted by Gasteiger charge is -2.15. The van der Waals surface area contributed by atoms with Gasteiger partial charge in [-0.2, -0.15) is 0 Å². The Hall–Kier alpha value is -3.14. The van der Waals surface area contributed by atoms with Crippen LogP contribution in [0.2, 0.25) is 0 Å². The van der Waals surface area contributed by atoms with Crippen molar-refractivity contribution >= 4 is 40.2 Å². The van der Waals surface area contributed by atoms with Crippen molar-refractivity contribution in [1.29, 1.82) is 0 Å². The van der Waals surface area contributed by atoms with Gasteiger partial charge in [-0.05, 0) is 31.9 Å². The molecule has 0 bridgehead atoms. The molecule has 1 amide bonds. The van der Waals surface area contributed by atoms with Crippen molar-refractivity contribution in [2.24, 2.45) is 0 Å². The number of aromatic nitrogens is 5. The maximum absolute atomic E-state index is 13.1. The Balaban J connectivity index is 1.74. The molecule has 0 aliphatic heterocycles. The molecule has 1 atom stereocenters. The first kappa shape index (κ1) is 23.0. The van der Waals surface area contributed by atoms with Crippen LogP contribution in [0.25, 0.3) is 16.7 Å². The second-order valence-electron chi connectivity index (χ2n) is 8.01. The number of anilines is 1. The predicted molar refractivity (Wildman–Crippen MR) is 129 cm³/mol. The summed E-state index contributed by atoms with van der Waals surface area (Å²) in [5.74, 6) is 1.35. The first-order chi connectivity index (χ1) is 16.0. The SMILES string of the molecule is CCCCC(Sc1nnc2n(CCCC)c(=O)c3ccccc3n12)C(=O)Nc1cc(C)on1. The fourth-order valence-electron chi connectivity index (χ4n) is 3.72. The minimum Gasteiger partial charge on any atom is -0.360 e. The van der Waals surface area contributed by atoms with Gasteiger partial charge in [-0.1, -0.05) is 62.2 Å².